The first kappa shape index (κ1) is 20.1. The monoisotopic (exact) mass is 383 g/mol. The quantitative estimate of drug-likeness (QED) is 0.623. The van der Waals surface area contributed by atoms with E-state index in [-0.39, 0.29) is 5.91 Å². The van der Waals surface area contributed by atoms with E-state index in [0.29, 0.717) is 26.1 Å². The van der Waals surface area contributed by atoms with Crippen molar-refractivity contribution in [1.82, 2.24) is 19.7 Å². The number of carbonyl (C=O) groups excluding carboxylic acids is 1. The van der Waals surface area contributed by atoms with Gasteiger partial charge < -0.3 is 20.4 Å². The molecule has 0 aliphatic heterocycles. The molecule has 2 aromatic heterocycles. The third-order valence-corrected chi connectivity index (χ3v) is 5.32. The molecule has 3 aromatic rings. The van der Waals surface area contributed by atoms with Crippen molar-refractivity contribution < 1.29 is 9.53 Å². The zero-order valence-corrected chi connectivity index (χ0v) is 17.0. The summed E-state index contributed by atoms with van der Waals surface area (Å²) in [5.41, 5.74) is 11.5. The molecule has 0 saturated heterocycles. The summed E-state index contributed by atoms with van der Waals surface area (Å²) in [5, 5.41) is 5.56. The summed E-state index contributed by atoms with van der Waals surface area (Å²) < 4.78 is 7.05. The Morgan fingerprint density at radius 2 is 2.11 bits per heavy atom. The minimum absolute atomic E-state index is 0.0787. The van der Waals surface area contributed by atoms with Crippen LogP contribution in [0, 0.1) is 13.8 Å². The van der Waals surface area contributed by atoms with Crippen LogP contribution in [0.25, 0.3) is 10.9 Å². The molecule has 0 bridgehead atoms. The van der Waals surface area contributed by atoms with Crippen molar-refractivity contribution >= 4 is 16.8 Å². The Balaban J connectivity index is 1.78. The van der Waals surface area contributed by atoms with Crippen LogP contribution in [-0.2, 0) is 29.5 Å². The fraction of sp³-hybridized carbons (Fsp3) is 0.429. The maximum absolute atomic E-state index is 13.2. The summed E-state index contributed by atoms with van der Waals surface area (Å²) in [4.78, 5) is 18.2. The standard InChI is InChI=1S/C21H29N5O2/c1-14-18(15(2)25(3)24-14)13-26(9-10-28-4)21(27)19(22)11-16-12-23-20-8-6-5-7-17(16)20/h5-8,12,19,23H,9-11,13,22H2,1-4H3/t19-/m0/s1. The van der Waals surface area contributed by atoms with Gasteiger partial charge in [-0.1, -0.05) is 18.2 Å². The smallest absolute Gasteiger partial charge is 0.240 e. The average molecular weight is 383 g/mol. The van der Waals surface area contributed by atoms with Crippen molar-refractivity contribution in [2.24, 2.45) is 12.8 Å². The number of fused-ring (bicyclic) bond motifs is 1. The number of para-hydroxylation sites is 1. The molecule has 150 valence electrons. The van der Waals surface area contributed by atoms with E-state index in [0.717, 1.165) is 33.4 Å². The number of aryl methyl sites for hydroxylation is 2. The molecule has 7 nitrogen and oxygen atoms in total. The number of methoxy groups -OCH3 is 1. The van der Waals surface area contributed by atoms with Gasteiger partial charge in [0.1, 0.15) is 0 Å². The second-order valence-corrected chi connectivity index (χ2v) is 7.20. The van der Waals surface area contributed by atoms with Gasteiger partial charge in [-0.05, 0) is 31.9 Å². The van der Waals surface area contributed by atoms with Crippen LogP contribution in [0.15, 0.2) is 30.5 Å². The lowest BCUT2D eigenvalue weighted by Crippen LogP contribution is -2.45. The Bertz CT molecular complexity index is 959. The molecule has 3 N–H and O–H groups in total. The minimum Gasteiger partial charge on any atom is -0.383 e. The molecule has 0 aliphatic carbocycles. The Hall–Kier alpha value is -2.64. The van der Waals surface area contributed by atoms with E-state index in [1.54, 1.807) is 12.0 Å². The molecular formula is C21H29N5O2. The van der Waals surface area contributed by atoms with Gasteiger partial charge in [-0.2, -0.15) is 5.10 Å². The molecule has 3 rings (SSSR count). The molecule has 0 spiro atoms. The van der Waals surface area contributed by atoms with E-state index < -0.39 is 6.04 Å². The SMILES string of the molecule is COCCN(Cc1c(C)nn(C)c1C)C(=O)[C@@H](N)Cc1c[nH]c2ccccc12. The highest BCUT2D eigenvalue weighted by atomic mass is 16.5. The second kappa shape index (κ2) is 8.58. The lowest BCUT2D eigenvalue weighted by Gasteiger charge is -2.26. The van der Waals surface area contributed by atoms with Gasteiger partial charge in [0.15, 0.2) is 0 Å². The van der Waals surface area contributed by atoms with E-state index in [1.807, 2.05) is 56.0 Å². The van der Waals surface area contributed by atoms with E-state index in [2.05, 4.69) is 10.1 Å². The Labute approximate surface area is 165 Å². The van der Waals surface area contributed by atoms with Crippen molar-refractivity contribution in [1.29, 1.82) is 0 Å². The summed E-state index contributed by atoms with van der Waals surface area (Å²) >= 11 is 0. The van der Waals surface area contributed by atoms with Crippen LogP contribution >= 0.6 is 0 Å². The number of nitrogens with zero attached hydrogens (tertiary/aromatic N) is 3. The van der Waals surface area contributed by atoms with Gasteiger partial charge in [0.2, 0.25) is 5.91 Å². The van der Waals surface area contributed by atoms with Gasteiger partial charge in [0.25, 0.3) is 0 Å². The molecule has 28 heavy (non-hydrogen) atoms. The highest BCUT2D eigenvalue weighted by Gasteiger charge is 2.24. The fourth-order valence-electron chi connectivity index (χ4n) is 3.57. The topological polar surface area (TPSA) is 89.2 Å². The number of ether oxygens (including phenoxy) is 1. The van der Waals surface area contributed by atoms with Crippen LogP contribution < -0.4 is 5.73 Å². The number of hydrogen-bond acceptors (Lipinski definition) is 4. The maximum Gasteiger partial charge on any atom is 0.240 e. The number of nitrogens with one attached hydrogen (secondary N) is 1. The Kier molecular flexibility index (Phi) is 6.16. The van der Waals surface area contributed by atoms with Crippen LogP contribution in [-0.4, -0.2) is 51.9 Å². The number of rotatable bonds is 8. The number of nitrogens with two attached hydrogens (primary N) is 1. The number of hydrogen-bond donors (Lipinski definition) is 2. The first-order valence-electron chi connectivity index (χ1n) is 9.49. The molecule has 2 heterocycles. The molecule has 1 amide bonds. The summed E-state index contributed by atoms with van der Waals surface area (Å²) in [5.74, 6) is -0.0787. The van der Waals surface area contributed by atoms with Crippen LogP contribution in [0.3, 0.4) is 0 Å². The highest BCUT2D eigenvalue weighted by molar-refractivity contribution is 5.86. The predicted octanol–water partition coefficient (Wildman–Crippen LogP) is 2.06. The van der Waals surface area contributed by atoms with Crippen LogP contribution in [0.5, 0.6) is 0 Å². The maximum atomic E-state index is 13.2. The lowest BCUT2D eigenvalue weighted by molar-refractivity contribution is -0.133. The van der Waals surface area contributed by atoms with Crippen LogP contribution in [0.4, 0.5) is 0 Å². The molecule has 7 heteroatoms. The summed E-state index contributed by atoms with van der Waals surface area (Å²) in [6.07, 6.45) is 2.42. The highest BCUT2D eigenvalue weighted by Crippen LogP contribution is 2.20. The molecular weight excluding hydrogens is 354 g/mol. The van der Waals surface area contributed by atoms with Crippen molar-refractivity contribution in [2.45, 2.75) is 32.9 Å². The Morgan fingerprint density at radius 3 is 2.79 bits per heavy atom. The Morgan fingerprint density at radius 1 is 1.36 bits per heavy atom. The predicted molar refractivity (Wildman–Crippen MR) is 110 cm³/mol. The molecule has 1 atom stereocenters. The lowest BCUT2D eigenvalue weighted by atomic mass is 10.0. The van der Waals surface area contributed by atoms with Gasteiger partial charge in [-0.25, -0.2) is 0 Å². The van der Waals surface area contributed by atoms with Gasteiger partial charge in [0.05, 0.1) is 18.3 Å². The average Bonchev–Trinajstić information content (AvgIpc) is 3.19. The number of H-pyrrole nitrogens is 1. The summed E-state index contributed by atoms with van der Waals surface area (Å²) in [6.45, 7) is 5.41. The normalized spacial score (nSPS) is 12.5. The molecule has 0 fully saturated rings. The largest absolute Gasteiger partial charge is 0.383 e. The summed E-state index contributed by atoms with van der Waals surface area (Å²) in [7, 11) is 3.55. The third kappa shape index (κ3) is 4.10. The third-order valence-electron chi connectivity index (χ3n) is 5.32. The van der Waals surface area contributed by atoms with Gasteiger partial charge >= 0.3 is 0 Å². The van der Waals surface area contributed by atoms with Crippen molar-refractivity contribution in [3.05, 3.63) is 53.0 Å². The number of carbonyl (C=O) groups is 1. The van der Waals surface area contributed by atoms with E-state index in [4.69, 9.17) is 10.5 Å². The number of aromatic nitrogens is 3. The van der Waals surface area contributed by atoms with Crippen molar-refractivity contribution in [3.63, 3.8) is 0 Å². The van der Waals surface area contributed by atoms with Gasteiger partial charge in [-0.3, -0.25) is 9.48 Å². The first-order valence-corrected chi connectivity index (χ1v) is 9.49. The van der Waals surface area contributed by atoms with E-state index in [9.17, 15) is 4.79 Å². The minimum atomic E-state index is -0.617. The van der Waals surface area contributed by atoms with Crippen LogP contribution in [0.2, 0.25) is 0 Å². The first-order chi connectivity index (χ1) is 13.4. The van der Waals surface area contributed by atoms with Crippen molar-refractivity contribution in [2.75, 3.05) is 20.3 Å². The second-order valence-electron chi connectivity index (χ2n) is 7.20. The van der Waals surface area contributed by atoms with Gasteiger partial charge in [0, 0.05) is 55.6 Å². The van der Waals surface area contributed by atoms with E-state index >= 15 is 0 Å². The molecule has 0 saturated carbocycles. The number of aromatic amines is 1. The molecule has 1 aromatic carbocycles. The van der Waals surface area contributed by atoms with Crippen LogP contribution in [0.1, 0.15) is 22.5 Å². The summed E-state index contributed by atoms with van der Waals surface area (Å²) in [6, 6.07) is 7.42. The van der Waals surface area contributed by atoms with Crippen molar-refractivity contribution in [3.8, 4) is 0 Å². The zero-order valence-electron chi connectivity index (χ0n) is 17.0. The van der Waals surface area contributed by atoms with Gasteiger partial charge in [-0.15, -0.1) is 0 Å². The zero-order chi connectivity index (χ0) is 20.3. The molecule has 0 aliphatic rings. The fourth-order valence-corrected chi connectivity index (χ4v) is 3.57. The van der Waals surface area contributed by atoms with E-state index in [1.165, 1.54) is 0 Å². The number of amides is 1. The number of benzene rings is 1. The molecule has 0 unspecified atom stereocenters. The molecule has 0 radical (unpaired) electrons.